The fourth-order valence-corrected chi connectivity index (χ4v) is 2.84. The van der Waals surface area contributed by atoms with Crippen LogP contribution in [-0.4, -0.2) is 30.6 Å². The number of piperazine rings is 1. The van der Waals surface area contributed by atoms with Gasteiger partial charge in [-0.2, -0.15) is 13.2 Å². The number of rotatable bonds is 3. The van der Waals surface area contributed by atoms with Crippen LogP contribution in [0, 0.1) is 0 Å². The van der Waals surface area contributed by atoms with Gasteiger partial charge in [-0.15, -0.1) is 0 Å². The van der Waals surface area contributed by atoms with Crippen LogP contribution >= 0.6 is 0 Å². The van der Waals surface area contributed by atoms with Gasteiger partial charge in [-0.25, -0.2) is 0 Å². The highest BCUT2D eigenvalue weighted by Crippen LogP contribution is 2.31. The first-order chi connectivity index (χ1) is 10.4. The standard InChI is InChI=1S/C15H21F3N2.C2H6/c1-3-14(20-9-8-19-11(2)10-20)12-4-6-13(7-5-12)15(16,17)18;1-2/h4-7,11,14,19H,3,8-10H2,1-2H3;1-2H3. The van der Waals surface area contributed by atoms with Gasteiger partial charge in [-0.05, 0) is 31.0 Å². The Hall–Kier alpha value is -1.07. The molecule has 126 valence electrons. The molecule has 5 heteroatoms. The first-order valence-corrected chi connectivity index (χ1v) is 8.06. The topological polar surface area (TPSA) is 15.3 Å². The molecule has 1 aromatic rings. The van der Waals surface area contributed by atoms with Crippen molar-refractivity contribution < 1.29 is 13.2 Å². The molecule has 0 bridgehead atoms. The lowest BCUT2D eigenvalue weighted by molar-refractivity contribution is -0.137. The minimum atomic E-state index is -4.26. The molecule has 2 atom stereocenters. The van der Waals surface area contributed by atoms with E-state index in [-0.39, 0.29) is 6.04 Å². The molecule has 1 aromatic carbocycles. The second kappa shape index (κ2) is 8.53. The van der Waals surface area contributed by atoms with E-state index in [1.54, 1.807) is 12.1 Å². The summed E-state index contributed by atoms with van der Waals surface area (Å²) in [4.78, 5) is 2.35. The van der Waals surface area contributed by atoms with Crippen molar-refractivity contribution in [3.05, 3.63) is 35.4 Å². The van der Waals surface area contributed by atoms with Crippen LogP contribution in [0.15, 0.2) is 24.3 Å². The highest BCUT2D eigenvalue weighted by atomic mass is 19.4. The van der Waals surface area contributed by atoms with Crippen molar-refractivity contribution in [2.45, 2.75) is 52.4 Å². The molecule has 1 heterocycles. The molecule has 0 saturated carbocycles. The highest BCUT2D eigenvalue weighted by molar-refractivity contribution is 5.27. The Morgan fingerprint density at radius 2 is 1.82 bits per heavy atom. The molecule has 0 aromatic heterocycles. The lowest BCUT2D eigenvalue weighted by Gasteiger charge is -2.37. The van der Waals surface area contributed by atoms with Crippen LogP contribution in [0.4, 0.5) is 13.2 Å². The summed E-state index contributed by atoms with van der Waals surface area (Å²) in [7, 11) is 0. The number of nitrogens with zero attached hydrogens (tertiary/aromatic N) is 1. The third kappa shape index (κ3) is 4.99. The molecule has 0 spiro atoms. The summed E-state index contributed by atoms with van der Waals surface area (Å²) in [6.07, 6.45) is -3.36. The second-order valence-electron chi connectivity index (χ2n) is 5.39. The molecule has 1 N–H and O–H groups in total. The van der Waals surface area contributed by atoms with E-state index >= 15 is 0 Å². The van der Waals surface area contributed by atoms with E-state index in [9.17, 15) is 13.2 Å². The van der Waals surface area contributed by atoms with Gasteiger partial charge < -0.3 is 5.32 Å². The van der Waals surface area contributed by atoms with E-state index in [4.69, 9.17) is 0 Å². The quantitative estimate of drug-likeness (QED) is 0.884. The van der Waals surface area contributed by atoms with E-state index in [0.717, 1.165) is 31.6 Å². The van der Waals surface area contributed by atoms with E-state index in [1.165, 1.54) is 12.1 Å². The van der Waals surface area contributed by atoms with Crippen molar-refractivity contribution in [1.29, 1.82) is 0 Å². The van der Waals surface area contributed by atoms with E-state index in [2.05, 4.69) is 24.1 Å². The molecule has 22 heavy (non-hydrogen) atoms. The Kier molecular flexibility index (Phi) is 7.36. The van der Waals surface area contributed by atoms with Crippen LogP contribution < -0.4 is 5.32 Å². The molecule has 1 aliphatic heterocycles. The van der Waals surface area contributed by atoms with Crippen LogP contribution in [0.3, 0.4) is 0 Å². The van der Waals surface area contributed by atoms with Crippen molar-refractivity contribution in [3.8, 4) is 0 Å². The zero-order chi connectivity index (χ0) is 16.8. The van der Waals surface area contributed by atoms with Crippen molar-refractivity contribution in [2.24, 2.45) is 0 Å². The summed E-state index contributed by atoms with van der Waals surface area (Å²) < 4.78 is 37.8. The Balaban J connectivity index is 0.00000116. The number of hydrogen-bond donors (Lipinski definition) is 1. The van der Waals surface area contributed by atoms with E-state index in [0.29, 0.717) is 6.04 Å². The van der Waals surface area contributed by atoms with E-state index in [1.807, 2.05) is 13.8 Å². The lowest BCUT2D eigenvalue weighted by atomic mass is 9.99. The zero-order valence-corrected chi connectivity index (χ0v) is 13.9. The average molecular weight is 316 g/mol. The highest BCUT2D eigenvalue weighted by Gasteiger charge is 2.30. The molecular weight excluding hydrogens is 289 g/mol. The third-order valence-corrected chi connectivity index (χ3v) is 3.85. The van der Waals surface area contributed by atoms with Gasteiger partial charge in [0, 0.05) is 31.7 Å². The molecule has 0 amide bonds. The number of alkyl halides is 3. The van der Waals surface area contributed by atoms with Crippen molar-refractivity contribution in [3.63, 3.8) is 0 Å². The number of benzene rings is 1. The fourth-order valence-electron chi connectivity index (χ4n) is 2.84. The molecule has 2 nitrogen and oxygen atoms in total. The Labute approximate surface area is 131 Å². The predicted molar refractivity (Wildman–Crippen MR) is 84.9 cm³/mol. The van der Waals surface area contributed by atoms with Gasteiger partial charge in [0.05, 0.1) is 5.56 Å². The van der Waals surface area contributed by atoms with Gasteiger partial charge >= 0.3 is 6.18 Å². The molecule has 2 unspecified atom stereocenters. The zero-order valence-electron chi connectivity index (χ0n) is 13.9. The first kappa shape index (κ1) is 19.0. The molecule has 1 saturated heterocycles. The summed E-state index contributed by atoms with van der Waals surface area (Å²) in [5, 5.41) is 3.38. The van der Waals surface area contributed by atoms with Crippen LogP contribution in [0.25, 0.3) is 0 Å². The van der Waals surface area contributed by atoms with Gasteiger partial charge in [0.1, 0.15) is 0 Å². The van der Waals surface area contributed by atoms with Gasteiger partial charge in [0.15, 0.2) is 0 Å². The Morgan fingerprint density at radius 3 is 2.27 bits per heavy atom. The monoisotopic (exact) mass is 316 g/mol. The minimum absolute atomic E-state index is 0.196. The Morgan fingerprint density at radius 1 is 1.23 bits per heavy atom. The Bertz CT molecular complexity index is 429. The first-order valence-electron chi connectivity index (χ1n) is 8.06. The van der Waals surface area contributed by atoms with Crippen molar-refractivity contribution in [2.75, 3.05) is 19.6 Å². The largest absolute Gasteiger partial charge is 0.416 e. The molecular formula is C17H27F3N2. The number of halogens is 3. The molecule has 2 rings (SSSR count). The van der Waals surface area contributed by atoms with Crippen molar-refractivity contribution >= 4 is 0 Å². The predicted octanol–water partition coefficient (Wildman–Crippen LogP) is 4.48. The smallest absolute Gasteiger partial charge is 0.312 e. The summed E-state index contributed by atoms with van der Waals surface area (Å²) in [6, 6.07) is 6.22. The van der Waals surface area contributed by atoms with Crippen LogP contribution in [0.2, 0.25) is 0 Å². The average Bonchev–Trinajstić information content (AvgIpc) is 2.50. The SMILES string of the molecule is CC.CCC(c1ccc(C(F)(F)F)cc1)N1CCNC(C)C1. The number of nitrogens with one attached hydrogen (secondary N) is 1. The third-order valence-electron chi connectivity index (χ3n) is 3.85. The maximum absolute atomic E-state index is 12.6. The summed E-state index contributed by atoms with van der Waals surface area (Å²) in [5.74, 6) is 0. The molecule has 1 aliphatic rings. The van der Waals surface area contributed by atoms with Gasteiger partial charge in [-0.3, -0.25) is 4.90 Å². The van der Waals surface area contributed by atoms with Gasteiger partial charge in [0.25, 0.3) is 0 Å². The summed E-state index contributed by atoms with van der Waals surface area (Å²) in [6.45, 7) is 11.0. The van der Waals surface area contributed by atoms with Crippen LogP contribution in [0.1, 0.15) is 51.3 Å². The second-order valence-corrected chi connectivity index (χ2v) is 5.39. The lowest BCUT2D eigenvalue weighted by Crippen LogP contribution is -2.50. The summed E-state index contributed by atoms with van der Waals surface area (Å²) >= 11 is 0. The maximum Gasteiger partial charge on any atom is 0.416 e. The maximum atomic E-state index is 12.6. The van der Waals surface area contributed by atoms with Gasteiger partial charge in [-0.1, -0.05) is 32.9 Å². The number of hydrogen-bond acceptors (Lipinski definition) is 2. The minimum Gasteiger partial charge on any atom is -0.312 e. The van der Waals surface area contributed by atoms with E-state index < -0.39 is 11.7 Å². The normalized spacial score (nSPS) is 21.0. The molecule has 1 fully saturated rings. The fraction of sp³-hybridized carbons (Fsp3) is 0.647. The molecule has 0 radical (unpaired) electrons. The van der Waals surface area contributed by atoms with Crippen molar-refractivity contribution in [1.82, 2.24) is 10.2 Å². The molecule has 0 aliphatic carbocycles. The van der Waals surface area contributed by atoms with Gasteiger partial charge in [0.2, 0.25) is 0 Å². The summed E-state index contributed by atoms with van der Waals surface area (Å²) in [5.41, 5.74) is 0.388. The van der Waals surface area contributed by atoms with Crippen LogP contribution in [-0.2, 0) is 6.18 Å². The van der Waals surface area contributed by atoms with Crippen LogP contribution in [0.5, 0.6) is 0 Å².